The molecule has 0 fully saturated rings. The van der Waals surface area contributed by atoms with Crippen LogP contribution in [0.3, 0.4) is 0 Å². The Kier molecular flexibility index (Phi) is 45.3. The van der Waals surface area contributed by atoms with Gasteiger partial charge in [0.25, 0.3) is 0 Å². The number of unbranched alkanes of at least 4 members (excludes halogenated alkanes) is 40. The van der Waals surface area contributed by atoms with Gasteiger partial charge in [0, 0.05) is 0 Å². The summed E-state index contributed by atoms with van der Waals surface area (Å²) in [5.74, 6) is 0. The van der Waals surface area contributed by atoms with Gasteiger partial charge >= 0.3 is 37.7 Å². The molecule has 0 aromatic heterocycles. The monoisotopic (exact) mass is 1180 g/mol. The van der Waals surface area contributed by atoms with Crippen molar-refractivity contribution < 1.29 is 25.9 Å². The predicted octanol–water partition coefficient (Wildman–Crippen LogP) is 22.5. The van der Waals surface area contributed by atoms with Crippen molar-refractivity contribution in [3.8, 4) is 0 Å². The van der Waals surface area contributed by atoms with Crippen LogP contribution in [0.4, 0.5) is 0 Å². The summed E-state index contributed by atoms with van der Waals surface area (Å²) in [6.45, 7) is 9.07. The summed E-state index contributed by atoms with van der Waals surface area (Å²) in [6.07, 6.45) is 62.0. The summed E-state index contributed by atoms with van der Waals surface area (Å²) in [5, 5.41) is 4.18. The van der Waals surface area contributed by atoms with E-state index in [1.807, 2.05) is 12.1 Å². The van der Waals surface area contributed by atoms with E-state index in [0.29, 0.717) is 0 Å². The Morgan fingerprint density at radius 1 is 0.247 bits per heavy atom. The Labute approximate surface area is 529 Å². The van der Waals surface area contributed by atoms with Crippen LogP contribution in [0.15, 0.2) is 70.5 Å². The molecular weight excluding hydrogens is 1060 g/mol. The van der Waals surface area contributed by atoms with Crippen molar-refractivity contribution in [1.82, 2.24) is 0 Å². The zero-order chi connectivity index (χ0) is 57.8. The van der Waals surface area contributed by atoms with E-state index in [2.05, 4.69) is 52.0 Å². The molecule has 4 rings (SSSR count). The fourth-order valence-electron chi connectivity index (χ4n) is 12.0. The second-order valence-electron chi connectivity index (χ2n) is 24.2. The maximum absolute atomic E-state index is 11.8. The van der Waals surface area contributed by atoms with Gasteiger partial charge in [0.2, 0.25) is 0 Å². The van der Waals surface area contributed by atoms with Crippen LogP contribution >= 0.6 is 0 Å². The van der Waals surface area contributed by atoms with E-state index in [1.54, 1.807) is 12.1 Å². The van der Waals surface area contributed by atoms with E-state index in [0.717, 1.165) is 72.9 Å². The van der Waals surface area contributed by atoms with Gasteiger partial charge in [0.1, 0.15) is 20.2 Å². The van der Waals surface area contributed by atoms with Crippen LogP contribution in [0.1, 0.15) is 332 Å². The van der Waals surface area contributed by atoms with E-state index < -0.39 is 20.2 Å². The Hall–Kier alpha value is -1.52. The molecule has 0 saturated heterocycles. The molecule has 0 spiro atoms. The zero-order valence-electron chi connectivity index (χ0n) is 52.7. The molecule has 4 aromatic carbocycles. The topological polar surface area (TPSA) is 114 Å². The Morgan fingerprint density at radius 3 is 0.605 bits per heavy atom. The number of benzene rings is 4. The summed E-state index contributed by atoms with van der Waals surface area (Å²) in [5.41, 5.74) is 4.92. The third-order valence-corrected chi connectivity index (χ3v) is 18.8. The fourth-order valence-corrected chi connectivity index (χ4v) is 13.0. The van der Waals surface area contributed by atoms with Gasteiger partial charge in [-0.1, -0.05) is 321 Å². The van der Waals surface area contributed by atoms with Gasteiger partial charge < -0.3 is 9.11 Å². The average Bonchev–Trinajstić information content (AvgIpc) is 3.47. The normalized spacial score (nSPS) is 11.8. The summed E-state index contributed by atoms with van der Waals surface area (Å²) < 4.78 is 70.6. The van der Waals surface area contributed by atoms with E-state index in [4.69, 9.17) is 0 Å². The molecule has 0 saturated carbocycles. The molecule has 0 heterocycles. The third kappa shape index (κ3) is 35.0. The van der Waals surface area contributed by atoms with Crippen molar-refractivity contribution in [2.45, 2.75) is 346 Å². The Bertz CT molecular complexity index is 2230. The molecule has 0 bridgehead atoms. The standard InChI is InChI=1S/2C36H60O3S.Ca/c2*1-3-5-7-9-11-13-15-17-19-21-23-25-32-27-28-33(36-31-34(40(37,38)39)29-30-35(32)36)26-24-22-20-18-16-14-12-10-8-6-4-2;/h2*27-31H,3-26H2,1-2H3,(H,37,38,39);/q;;+2/p-2. The number of rotatable bonds is 50. The van der Waals surface area contributed by atoms with Crippen molar-refractivity contribution in [3.63, 3.8) is 0 Å². The van der Waals surface area contributed by atoms with Gasteiger partial charge in [-0.15, -0.1) is 0 Å². The van der Waals surface area contributed by atoms with Crippen molar-refractivity contribution in [2.75, 3.05) is 0 Å². The number of aryl methyl sites for hydroxylation is 4. The quantitative estimate of drug-likeness (QED) is 0.0247. The van der Waals surface area contributed by atoms with Crippen LogP contribution in [0.25, 0.3) is 21.5 Å². The molecule has 0 unspecified atom stereocenters. The van der Waals surface area contributed by atoms with Crippen LogP contribution in [-0.4, -0.2) is 63.7 Å². The minimum atomic E-state index is -4.46. The first-order valence-corrected chi connectivity index (χ1v) is 36.8. The van der Waals surface area contributed by atoms with Gasteiger partial charge in [0.15, 0.2) is 0 Å². The Morgan fingerprint density at radius 2 is 0.420 bits per heavy atom. The summed E-state index contributed by atoms with van der Waals surface area (Å²) in [7, 11) is -8.92. The molecule has 0 aliphatic carbocycles. The van der Waals surface area contributed by atoms with E-state index in [-0.39, 0.29) is 47.5 Å². The summed E-state index contributed by atoms with van der Waals surface area (Å²) in [6, 6.07) is 18.9. The first-order valence-electron chi connectivity index (χ1n) is 33.9. The third-order valence-electron chi connectivity index (χ3n) is 17.1. The molecule has 6 nitrogen and oxygen atoms in total. The van der Waals surface area contributed by atoms with E-state index in [1.165, 1.54) is 291 Å². The molecule has 4 aromatic rings. The first-order chi connectivity index (χ1) is 38.9. The molecule has 0 N–H and O–H groups in total. The maximum atomic E-state index is 11.8. The van der Waals surface area contributed by atoms with Gasteiger partial charge in [-0.05, 0) is 119 Å². The SMILES string of the molecule is CCCCCCCCCCCCCc1ccc(CCCCCCCCCCCCC)c2cc(S(=O)(=O)[O-])ccc12.CCCCCCCCCCCCCc1ccc(CCCCCCCCCCCCC)c2cc(S(=O)(=O)[O-])ccc12.[Ca+2]. The molecule has 0 amide bonds. The number of hydrogen-bond donors (Lipinski definition) is 0. The largest absolute Gasteiger partial charge is 2.00 e. The Balaban J connectivity index is 0.000000547. The molecule has 0 aliphatic heterocycles. The van der Waals surface area contributed by atoms with Gasteiger partial charge in [0.05, 0.1) is 9.79 Å². The first kappa shape index (κ1) is 75.6. The van der Waals surface area contributed by atoms with Crippen LogP contribution in [0, 0.1) is 0 Å². The minimum absolute atomic E-state index is 0. The number of fused-ring (bicyclic) bond motifs is 2. The van der Waals surface area contributed by atoms with Crippen LogP contribution in [0.2, 0.25) is 0 Å². The van der Waals surface area contributed by atoms with Crippen LogP contribution < -0.4 is 0 Å². The van der Waals surface area contributed by atoms with Gasteiger partial charge in [-0.3, -0.25) is 0 Å². The van der Waals surface area contributed by atoms with Crippen molar-refractivity contribution in [3.05, 3.63) is 82.9 Å². The van der Waals surface area contributed by atoms with E-state index in [9.17, 15) is 25.9 Å². The fraction of sp³-hybridized carbons (Fsp3) is 0.722. The maximum Gasteiger partial charge on any atom is 2.00 e. The molecular formula is C72H118CaO6S2. The molecule has 0 aliphatic rings. The average molecular weight is 1180 g/mol. The van der Waals surface area contributed by atoms with Crippen molar-refractivity contribution in [1.29, 1.82) is 0 Å². The summed E-state index contributed by atoms with van der Waals surface area (Å²) in [4.78, 5) is -0.209. The second kappa shape index (κ2) is 48.6. The predicted molar refractivity (Wildman–Crippen MR) is 350 cm³/mol. The molecule has 9 heteroatoms. The van der Waals surface area contributed by atoms with Crippen LogP contribution in [-0.2, 0) is 45.9 Å². The molecule has 456 valence electrons. The van der Waals surface area contributed by atoms with Crippen molar-refractivity contribution in [2.24, 2.45) is 0 Å². The molecule has 0 radical (unpaired) electrons. The number of hydrogen-bond acceptors (Lipinski definition) is 6. The molecule has 81 heavy (non-hydrogen) atoms. The second-order valence-corrected chi connectivity index (χ2v) is 27.0. The van der Waals surface area contributed by atoms with Gasteiger partial charge in [-0.2, -0.15) is 0 Å². The zero-order valence-corrected chi connectivity index (χ0v) is 56.5. The van der Waals surface area contributed by atoms with Crippen molar-refractivity contribution >= 4 is 79.5 Å². The van der Waals surface area contributed by atoms with E-state index >= 15 is 0 Å². The smallest absolute Gasteiger partial charge is 0.744 e. The molecule has 0 atom stereocenters. The van der Waals surface area contributed by atoms with Gasteiger partial charge in [-0.25, -0.2) is 16.8 Å². The van der Waals surface area contributed by atoms with Crippen LogP contribution in [0.5, 0.6) is 0 Å². The summed E-state index contributed by atoms with van der Waals surface area (Å²) >= 11 is 0. The minimum Gasteiger partial charge on any atom is -0.744 e.